The number of sulfone groups is 1. The van der Waals surface area contributed by atoms with Crippen LogP contribution in [0.1, 0.15) is 17.9 Å². The van der Waals surface area contributed by atoms with Crippen molar-refractivity contribution in [2.75, 3.05) is 18.1 Å². The average molecular weight is 308 g/mol. The molecule has 1 atom stereocenters. The third-order valence-corrected chi connectivity index (χ3v) is 6.63. The van der Waals surface area contributed by atoms with Crippen LogP contribution in [0.15, 0.2) is 9.42 Å². The second-order valence-electron chi connectivity index (χ2n) is 4.77. The van der Waals surface area contributed by atoms with Gasteiger partial charge in [0, 0.05) is 6.54 Å². The van der Waals surface area contributed by atoms with Crippen LogP contribution in [0.3, 0.4) is 0 Å². The van der Waals surface area contributed by atoms with Gasteiger partial charge in [0.1, 0.15) is 10.6 Å². The molecule has 1 N–H and O–H groups in total. The van der Waals surface area contributed by atoms with E-state index in [4.69, 9.17) is 4.52 Å². The van der Waals surface area contributed by atoms with Gasteiger partial charge in [-0.2, -0.15) is 0 Å². The number of aromatic nitrogens is 1. The van der Waals surface area contributed by atoms with E-state index in [0.29, 0.717) is 12.1 Å². The van der Waals surface area contributed by atoms with Gasteiger partial charge < -0.3 is 4.52 Å². The van der Waals surface area contributed by atoms with Gasteiger partial charge in [0.2, 0.25) is 10.0 Å². The van der Waals surface area contributed by atoms with Gasteiger partial charge in [0.15, 0.2) is 15.6 Å². The van der Waals surface area contributed by atoms with Crippen LogP contribution in [0, 0.1) is 19.8 Å². The molecule has 9 heteroatoms. The molecule has 0 saturated carbocycles. The molecule has 1 aromatic rings. The number of hydrogen-bond donors (Lipinski definition) is 1. The van der Waals surface area contributed by atoms with E-state index in [0.717, 1.165) is 0 Å². The van der Waals surface area contributed by atoms with Gasteiger partial charge in [-0.25, -0.2) is 21.6 Å². The van der Waals surface area contributed by atoms with Crippen LogP contribution >= 0.6 is 0 Å². The number of nitrogens with zero attached hydrogens (tertiary/aromatic N) is 1. The lowest BCUT2D eigenvalue weighted by Crippen LogP contribution is -2.30. The normalized spacial score (nSPS) is 22.7. The molecule has 7 nitrogen and oxygen atoms in total. The van der Waals surface area contributed by atoms with Crippen LogP contribution < -0.4 is 4.72 Å². The summed E-state index contributed by atoms with van der Waals surface area (Å²) in [6.07, 6.45) is 0.493. The molecule has 0 spiro atoms. The highest BCUT2D eigenvalue weighted by molar-refractivity contribution is 7.91. The molecule has 0 bridgehead atoms. The van der Waals surface area contributed by atoms with Crippen molar-refractivity contribution in [3.8, 4) is 0 Å². The summed E-state index contributed by atoms with van der Waals surface area (Å²) in [5, 5.41) is 3.60. The molecule has 0 aromatic carbocycles. The number of hydrogen-bond acceptors (Lipinski definition) is 6. The second-order valence-corrected chi connectivity index (χ2v) is 8.71. The minimum absolute atomic E-state index is 0.0355. The minimum Gasteiger partial charge on any atom is -0.360 e. The van der Waals surface area contributed by atoms with Crippen molar-refractivity contribution in [2.24, 2.45) is 5.92 Å². The van der Waals surface area contributed by atoms with Crippen LogP contribution in [-0.4, -0.2) is 40.0 Å². The Morgan fingerprint density at radius 3 is 2.58 bits per heavy atom. The number of aryl methyl sites for hydroxylation is 2. The predicted molar refractivity (Wildman–Crippen MR) is 67.9 cm³/mol. The molecule has 108 valence electrons. The highest BCUT2D eigenvalue weighted by atomic mass is 32.2. The zero-order chi connectivity index (χ0) is 14.3. The Morgan fingerprint density at radius 2 is 2.11 bits per heavy atom. The first-order chi connectivity index (χ1) is 8.71. The Hall–Kier alpha value is -0.930. The summed E-state index contributed by atoms with van der Waals surface area (Å²) < 4.78 is 54.0. The summed E-state index contributed by atoms with van der Waals surface area (Å²) in [6.45, 7) is 3.19. The number of rotatable bonds is 4. The number of sulfonamides is 1. The van der Waals surface area contributed by atoms with E-state index in [9.17, 15) is 16.8 Å². The number of nitrogens with one attached hydrogen (secondary N) is 1. The van der Waals surface area contributed by atoms with Gasteiger partial charge in [0.25, 0.3) is 0 Å². The monoisotopic (exact) mass is 308 g/mol. The molecule has 1 saturated heterocycles. The summed E-state index contributed by atoms with van der Waals surface area (Å²) >= 11 is 0. The molecule has 2 heterocycles. The molecule has 0 aliphatic carbocycles. The lowest BCUT2D eigenvalue weighted by molar-refractivity contribution is 0.390. The van der Waals surface area contributed by atoms with Gasteiger partial charge in [-0.15, -0.1) is 0 Å². The van der Waals surface area contributed by atoms with E-state index in [-0.39, 0.29) is 34.6 Å². The van der Waals surface area contributed by atoms with Crippen molar-refractivity contribution < 1.29 is 21.4 Å². The summed E-state index contributed by atoms with van der Waals surface area (Å²) in [4.78, 5) is 0.0355. The van der Waals surface area contributed by atoms with Crippen molar-refractivity contribution in [2.45, 2.75) is 25.2 Å². The highest BCUT2D eigenvalue weighted by Crippen LogP contribution is 2.21. The maximum atomic E-state index is 12.1. The molecule has 1 aliphatic heterocycles. The summed E-state index contributed by atoms with van der Waals surface area (Å²) in [5.74, 6) is 0.228. The Bertz CT molecular complexity index is 655. The molecular weight excluding hydrogens is 292 g/mol. The lowest BCUT2D eigenvalue weighted by Gasteiger charge is -2.09. The summed E-state index contributed by atoms with van der Waals surface area (Å²) in [6, 6.07) is 0. The van der Waals surface area contributed by atoms with Gasteiger partial charge in [-0.3, -0.25) is 0 Å². The Kier molecular flexibility index (Phi) is 3.72. The fourth-order valence-corrected chi connectivity index (χ4v) is 5.49. The second kappa shape index (κ2) is 4.88. The van der Waals surface area contributed by atoms with E-state index in [1.807, 2.05) is 0 Å². The molecule has 1 aromatic heterocycles. The van der Waals surface area contributed by atoms with E-state index in [1.165, 1.54) is 6.92 Å². The van der Waals surface area contributed by atoms with E-state index in [1.54, 1.807) is 6.92 Å². The van der Waals surface area contributed by atoms with Crippen LogP contribution in [0.4, 0.5) is 0 Å². The van der Waals surface area contributed by atoms with Crippen molar-refractivity contribution >= 4 is 19.9 Å². The Morgan fingerprint density at radius 1 is 1.42 bits per heavy atom. The molecule has 1 aliphatic rings. The standard InChI is InChI=1S/C10H16N2O5S2/c1-7-10(8(2)17-12-7)19(15,16)11-5-9-3-4-18(13,14)6-9/h9,11H,3-6H2,1-2H3/t9-/m0/s1. The van der Waals surface area contributed by atoms with E-state index in [2.05, 4.69) is 9.88 Å². The zero-order valence-electron chi connectivity index (χ0n) is 10.7. The molecule has 0 amide bonds. The van der Waals surface area contributed by atoms with Crippen molar-refractivity contribution in [3.63, 3.8) is 0 Å². The van der Waals surface area contributed by atoms with Crippen molar-refractivity contribution in [3.05, 3.63) is 11.5 Å². The average Bonchev–Trinajstić information content (AvgIpc) is 2.79. The van der Waals surface area contributed by atoms with Gasteiger partial charge in [0.05, 0.1) is 11.5 Å². The quantitative estimate of drug-likeness (QED) is 0.839. The topological polar surface area (TPSA) is 106 Å². The molecule has 19 heavy (non-hydrogen) atoms. The Labute approximate surface area is 112 Å². The smallest absolute Gasteiger partial charge is 0.245 e. The SMILES string of the molecule is Cc1noc(C)c1S(=O)(=O)NC[C@@H]1CCS(=O)(=O)C1. The maximum Gasteiger partial charge on any atom is 0.245 e. The van der Waals surface area contributed by atoms with Gasteiger partial charge >= 0.3 is 0 Å². The highest BCUT2D eigenvalue weighted by Gasteiger charge is 2.30. The molecule has 2 rings (SSSR count). The molecular formula is C10H16N2O5S2. The third kappa shape index (κ3) is 3.15. The van der Waals surface area contributed by atoms with E-state index < -0.39 is 19.9 Å². The first-order valence-electron chi connectivity index (χ1n) is 5.84. The van der Waals surface area contributed by atoms with Crippen LogP contribution in [0.2, 0.25) is 0 Å². The largest absolute Gasteiger partial charge is 0.360 e. The summed E-state index contributed by atoms with van der Waals surface area (Å²) in [7, 11) is -6.70. The van der Waals surface area contributed by atoms with E-state index >= 15 is 0 Å². The predicted octanol–water partition coefficient (Wildman–Crippen LogP) is 0.00444. The lowest BCUT2D eigenvalue weighted by atomic mass is 10.1. The van der Waals surface area contributed by atoms with Gasteiger partial charge in [-0.1, -0.05) is 5.16 Å². The van der Waals surface area contributed by atoms with Crippen molar-refractivity contribution in [1.82, 2.24) is 9.88 Å². The van der Waals surface area contributed by atoms with Crippen molar-refractivity contribution in [1.29, 1.82) is 0 Å². The molecule has 0 radical (unpaired) electrons. The third-order valence-electron chi connectivity index (χ3n) is 3.13. The van der Waals surface area contributed by atoms with Gasteiger partial charge in [-0.05, 0) is 26.2 Å². The first kappa shape index (κ1) is 14.5. The van der Waals surface area contributed by atoms with Crippen LogP contribution in [-0.2, 0) is 19.9 Å². The minimum atomic E-state index is -3.70. The molecule has 1 fully saturated rings. The van der Waals surface area contributed by atoms with Crippen LogP contribution in [0.5, 0.6) is 0 Å². The van der Waals surface area contributed by atoms with Crippen LogP contribution in [0.25, 0.3) is 0 Å². The summed E-state index contributed by atoms with van der Waals surface area (Å²) in [5.41, 5.74) is 0.295. The Balaban J connectivity index is 2.07. The molecule has 0 unspecified atom stereocenters. The zero-order valence-corrected chi connectivity index (χ0v) is 12.3. The fourth-order valence-electron chi connectivity index (χ4n) is 2.19. The first-order valence-corrected chi connectivity index (χ1v) is 9.15. The maximum absolute atomic E-state index is 12.1. The fraction of sp³-hybridized carbons (Fsp3) is 0.700.